The molecule has 4 nitrogen and oxygen atoms in total. The number of nitrogens with zero attached hydrogens (tertiary/aromatic N) is 1. The van der Waals surface area contributed by atoms with E-state index in [0.717, 1.165) is 16.9 Å². The van der Waals surface area contributed by atoms with E-state index in [0.29, 0.717) is 6.61 Å². The van der Waals surface area contributed by atoms with Gasteiger partial charge in [0.15, 0.2) is 20.7 Å². The van der Waals surface area contributed by atoms with E-state index in [2.05, 4.69) is 39.9 Å². The Morgan fingerprint density at radius 1 is 1.36 bits per heavy atom. The molecule has 0 spiro atoms. The Morgan fingerprint density at radius 3 is 2.64 bits per heavy atom. The summed E-state index contributed by atoms with van der Waals surface area (Å²) < 4.78 is 17.4. The van der Waals surface area contributed by atoms with Crippen molar-refractivity contribution in [3.05, 3.63) is 29.3 Å². The Balaban J connectivity index is 2.24. The van der Waals surface area contributed by atoms with E-state index in [1.54, 1.807) is 0 Å². The van der Waals surface area contributed by atoms with Gasteiger partial charge in [-0.3, -0.25) is 0 Å². The first-order valence-electron chi connectivity index (χ1n) is 7.62. The van der Waals surface area contributed by atoms with Crippen molar-refractivity contribution in [1.29, 1.82) is 5.26 Å². The third-order valence-electron chi connectivity index (χ3n) is 4.49. The number of nitriles is 1. The summed E-state index contributed by atoms with van der Waals surface area (Å²) in [5.41, 5.74) is 1.84. The van der Waals surface area contributed by atoms with Gasteiger partial charge >= 0.3 is 0 Å². The first-order chi connectivity index (χ1) is 10.1. The Bertz CT molecular complexity index is 587. The molecular formula is C17H25NO3Si. The minimum Gasteiger partial charge on any atom is -0.465 e. The normalized spacial score (nSPS) is 19.8. The Labute approximate surface area is 134 Å². The highest BCUT2D eigenvalue weighted by atomic mass is 28.4. The van der Waals surface area contributed by atoms with E-state index in [1.807, 2.05) is 25.1 Å². The van der Waals surface area contributed by atoms with Gasteiger partial charge in [-0.15, -0.1) is 0 Å². The van der Waals surface area contributed by atoms with Crippen LogP contribution in [0.25, 0.3) is 0 Å². The SMILES string of the molecule is CC1OCc2cc([C@H](C#N)O[Si](C)(C)C(C)(C)C)ccc2O1. The van der Waals surface area contributed by atoms with E-state index >= 15 is 0 Å². The molecule has 1 aliphatic heterocycles. The van der Waals surface area contributed by atoms with Gasteiger partial charge in [0.05, 0.1) is 12.7 Å². The van der Waals surface area contributed by atoms with Crippen LogP contribution in [0.15, 0.2) is 18.2 Å². The molecule has 2 atom stereocenters. The summed E-state index contributed by atoms with van der Waals surface area (Å²) in [6.45, 7) is 13.2. The minimum absolute atomic E-state index is 0.0674. The summed E-state index contributed by atoms with van der Waals surface area (Å²) in [4.78, 5) is 0. The first kappa shape index (κ1) is 17.0. The van der Waals surface area contributed by atoms with Gasteiger partial charge in [0, 0.05) is 5.56 Å². The molecule has 0 N–H and O–H groups in total. The monoisotopic (exact) mass is 319 g/mol. The van der Waals surface area contributed by atoms with Gasteiger partial charge in [-0.2, -0.15) is 5.26 Å². The van der Waals surface area contributed by atoms with Gasteiger partial charge in [-0.05, 0) is 42.8 Å². The molecule has 1 heterocycles. The van der Waals surface area contributed by atoms with E-state index < -0.39 is 14.4 Å². The van der Waals surface area contributed by atoms with Crippen LogP contribution < -0.4 is 4.74 Å². The number of ether oxygens (including phenoxy) is 2. The van der Waals surface area contributed by atoms with Crippen LogP contribution in [0.3, 0.4) is 0 Å². The quantitative estimate of drug-likeness (QED) is 0.768. The van der Waals surface area contributed by atoms with Crippen LogP contribution in [0.2, 0.25) is 18.1 Å². The average Bonchev–Trinajstić information content (AvgIpc) is 2.43. The van der Waals surface area contributed by atoms with Gasteiger partial charge in [0.2, 0.25) is 0 Å². The summed E-state index contributed by atoms with van der Waals surface area (Å²) in [6, 6.07) is 8.07. The Hall–Kier alpha value is -1.35. The van der Waals surface area contributed by atoms with Crippen LogP contribution in [0, 0.1) is 11.3 Å². The molecule has 0 saturated carbocycles. The van der Waals surface area contributed by atoms with Crippen LogP contribution in [-0.4, -0.2) is 14.6 Å². The molecule has 0 radical (unpaired) electrons. The molecule has 120 valence electrons. The molecule has 1 aliphatic rings. The second kappa shape index (κ2) is 6.03. The third-order valence-corrected chi connectivity index (χ3v) is 8.93. The van der Waals surface area contributed by atoms with Crippen LogP contribution >= 0.6 is 0 Å². The van der Waals surface area contributed by atoms with E-state index in [4.69, 9.17) is 13.9 Å². The molecule has 5 heteroatoms. The topological polar surface area (TPSA) is 51.5 Å². The van der Waals surface area contributed by atoms with Crippen LogP contribution in [0.4, 0.5) is 0 Å². The molecule has 0 fully saturated rings. The maximum absolute atomic E-state index is 9.54. The van der Waals surface area contributed by atoms with Crippen molar-refractivity contribution in [2.45, 2.75) is 64.8 Å². The van der Waals surface area contributed by atoms with E-state index in [-0.39, 0.29) is 11.3 Å². The molecule has 1 aromatic rings. The van der Waals surface area contributed by atoms with Gasteiger partial charge in [-0.25, -0.2) is 0 Å². The largest absolute Gasteiger partial charge is 0.465 e. The highest BCUT2D eigenvalue weighted by Gasteiger charge is 2.39. The molecule has 1 aromatic carbocycles. The van der Waals surface area contributed by atoms with Gasteiger partial charge in [0.25, 0.3) is 0 Å². The lowest BCUT2D eigenvalue weighted by molar-refractivity contribution is -0.0944. The molecule has 0 bridgehead atoms. The average molecular weight is 319 g/mol. The maximum atomic E-state index is 9.54. The number of fused-ring (bicyclic) bond motifs is 1. The predicted octanol–water partition coefficient (Wildman–Crippen LogP) is 4.53. The lowest BCUT2D eigenvalue weighted by Gasteiger charge is -2.37. The molecule has 0 amide bonds. The van der Waals surface area contributed by atoms with Gasteiger partial charge in [-0.1, -0.05) is 26.8 Å². The summed E-state index contributed by atoms with van der Waals surface area (Å²) in [7, 11) is -2.00. The zero-order valence-electron chi connectivity index (χ0n) is 14.3. The molecule has 22 heavy (non-hydrogen) atoms. The van der Waals surface area contributed by atoms with Crippen LogP contribution in [0.5, 0.6) is 5.75 Å². The number of hydrogen-bond acceptors (Lipinski definition) is 4. The maximum Gasteiger partial charge on any atom is 0.197 e. The molecule has 0 aliphatic carbocycles. The minimum atomic E-state index is -2.00. The summed E-state index contributed by atoms with van der Waals surface area (Å²) in [5, 5.41) is 9.61. The number of benzene rings is 1. The molecule has 0 aromatic heterocycles. The summed E-state index contributed by atoms with van der Waals surface area (Å²) in [5.74, 6) is 0.825. The van der Waals surface area contributed by atoms with Gasteiger partial charge < -0.3 is 13.9 Å². The molecule has 0 saturated heterocycles. The Kier molecular flexibility index (Phi) is 4.66. The fourth-order valence-electron chi connectivity index (χ4n) is 2.05. The first-order valence-corrected chi connectivity index (χ1v) is 10.5. The fraction of sp³-hybridized carbons (Fsp3) is 0.588. The lowest BCUT2D eigenvalue weighted by atomic mass is 10.1. The second-order valence-electron chi connectivity index (χ2n) is 7.25. The van der Waals surface area contributed by atoms with Crippen molar-refractivity contribution in [3.63, 3.8) is 0 Å². The van der Waals surface area contributed by atoms with Crippen molar-refractivity contribution in [3.8, 4) is 11.8 Å². The predicted molar refractivity (Wildman–Crippen MR) is 88.0 cm³/mol. The van der Waals surface area contributed by atoms with Gasteiger partial charge in [0.1, 0.15) is 5.75 Å². The highest BCUT2D eigenvalue weighted by Crippen LogP contribution is 2.40. The highest BCUT2D eigenvalue weighted by molar-refractivity contribution is 6.74. The summed E-state index contributed by atoms with van der Waals surface area (Å²) >= 11 is 0. The van der Waals surface area contributed by atoms with E-state index in [1.165, 1.54) is 0 Å². The molecular weight excluding hydrogens is 294 g/mol. The van der Waals surface area contributed by atoms with Crippen LogP contribution in [0.1, 0.15) is 44.9 Å². The second-order valence-corrected chi connectivity index (χ2v) is 12.0. The van der Waals surface area contributed by atoms with Crippen molar-refractivity contribution in [1.82, 2.24) is 0 Å². The van der Waals surface area contributed by atoms with Crippen molar-refractivity contribution in [2.24, 2.45) is 0 Å². The van der Waals surface area contributed by atoms with Crippen molar-refractivity contribution < 1.29 is 13.9 Å². The van der Waals surface area contributed by atoms with Crippen molar-refractivity contribution >= 4 is 8.32 Å². The van der Waals surface area contributed by atoms with Crippen molar-refractivity contribution in [2.75, 3.05) is 0 Å². The summed E-state index contributed by atoms with van der Waals surface area (Å²) in [6.07, 6.45) is -0.779. The molecule has 1 unspecified atom stereocenters. The standard InChI is InChI=1S/C17H25NO3Si/c1-12-19-11-14-9-13(7-8-15(14)20-12)16(10-18)21-22(5,6)17(2,3)4/h7-9,12,16H,11H2,1-6H3/t12?,16-/m0/s1. The van der Waals surface area contributed by atoms with Crippen LogP contribution in [-0.2, 0) is 15.8 Å². The molecule has 2 rings (SSSR count). The zero-order chi connectivity index (χ0) is 16.5. The van der Waals surface area contributed by atoms with E-state index in [9.17, 15) is 5.26 Å². The fourth-order valence-corrected chi connectivity index (χ4v) is 3.18. The third kappa shape index (κ3) is 3.51. The zero-order valence-corrected chi connectivity index (χ0v) is 15.3. The number of rotatable bonds is 3. The Morgan fingerprint density at radius 2 is 2.05 bits per heavy atom. The number of hydrogen-bond donors (Lipinski definition) is 0. The lowest BCUT2D eigenvalue weighted by Crippen LogP contribution is -2.41. The smallest absolute Gasteiger partial charge is 0.197 e.